The molecule has 0 aromatic heterocycles. The van der Waals surface area contributed by atoms with Gasteiger partial charge in [-0.15, -0.1) is 0 Å². The molecule has 3 unspecified atom stereocenters. The van der Waals surface area contributed by atoms with Gasteiger partial charge >= 0.3 is 0 Å². The van der Waals surface area contributed by atoms with Crippen LogP contribution < -0.4 is 5.73 Å². The maximum absolute atomic E-state index is 12.8. The second-order valence-electron chi connectivity index (χ2n) is 5.71. The molecule has 2 N–H and O–H groups in total. The molecule has 1 saturated carbocycles. The Labute approximate surface area is 129 Å². The van der Waals surface area contributed by atoms with Gasteiger partial charge in [0.05, 0.1) is 10.6 Å². The Morgan fingerprint density at radius 2 is 2.10 bits per heavy atom. The van der Waals surface area contributed by atoms with Gasteiger partial charge in [-0.05, 0) is 36.8 Å². The minimum atomic E-state index is -3.70. The van der Waals surface area contributed by atoms with Gasteiger partial charge in [0, 0.05) is 19.1 Å². The smallest absolute Gasteiger partial charge is 0.244 e. The van der Waals surface area contributed by atoms with Crippen molar-refractivity contribution in [3.05, 3.63) is 28.8 Å². The highest BCUT2D eigenvalue weighted by Gasteiger charge is 2.45. The Bertz CT molecular complexity index is 713. The molecular formula is C14H16ClN3O2S. The number of nitrogens with two attached hydrogens (primary N) is 1. The number of rotatable bonds is 2. The highest BCUT2D eigenvalue weighted by atomic mass is 35.5. The lowest BCUT2D eigenvalue weighted by Gasteiger charge is -2.19. The van der Waals surface area contributed by atoms with E-state index in [0.29, 0.717) is 19.0 Å². The fourth-order valence-corrected chi connectivity index (χ4v) is 5.40. The molecule has 0 amide bonds. The monoisotopic (exact) mass is 325 g/mol. The zero-order valence-electron chi connectivity index (χ0n) is 11.4. The van der Waals surface area contributed by atoms with Gasteiger partial charge in [-0.3, -0.25) is 0 Å². The molecule has 2 aliphatic rings. The van der Waals surface area contributed by atoms with E-state index < -0.39 is 10.0 Å². The summed E-state index contributed by atoms with van der Waals surface area (Å²) < 4.78 is 27.0. The van der Waals surface area contributed by atoms with Crippen LogP contribution in [0.1, 0.15) is 18.4 Å². The summed E-state index contributed by atoms with van der Waals surface area (Å²) in [7, 11) is -3.70. The van der Waals surface area contributed by atoms with Crippen LogP contribution in [0.2, 0.25) is 5.02 Å². The normalized spacial score (nSPS) is 29.3. The molecule has 1 aliphatic carbocycles. The molecule has 0 radical (unpaired) electrons. The second kappa shape index (κ2) is 5.25. The van der Waals surface area contributed by atoms with E-state index in [2.05, 4.69) is 0 Å². The molecule has 5 nitrogen and oxygen atoms in total. The zero-order chi connectivity index (χ0) is 15.2. The third kappa shape index (κ3) is 2.34. The van der Waals surface area contributed by atoms with Gasteiger partial charge in [-0.2, -0.15) is 9.57 Å². The second-order valence-corrected chi connectivity index (χ2v) is 8.03. The minimum Gasteiger partial charge on any atom is -0.327 e. The molecule has 3 rings (SSSR count). The topological polar surface area (TPSA) is 87.2 Å². The van der Waals surface area contributed by atoms with Crippen LogP contribution in [-0.2, 0) is 10.0 Å². The van der Waals surface area contributed by atoms with Crippen LogP contribution in [-0.4, -0.2) is 31.9 Å². The third-order valence-corrected chi connectivity index (χ3v) is 6.77. The first kappa shape index (κ1) is 14.8. The molecule has 3 atom stereocenters. The van der Waals surface area contributed by atoms with Gasteiger partial charge in [0.25, 0.3) is 0 Å². The van der Waals surface area contributed by atoms with E-state index in [1.54, 1.807) is 6.07 Å². The average Bonchev–Trinajstić information content (AvgIpc) is 3.01. The molecular weight excluding hydrogens is 310 g/mol. The molecule has 2 fully saturated rings. The number of hydrogen-bond donors (Lipinski definition) is 1. The van der Waals surface area contributed by atoms with Crippen molar-refractivity contribution in [1.29, 1.82) is 5.26 Å². The first-order valence-corrected chi connectivity index (χ1v) is 8.71. The van der Waals surface area contributed by atoms with E-state index in [0.717, 1.165) is 12.8 Å². The lowest BCUT2D eigenvalue weighted by atomic mass is 9.98. The Morgan fingerprint density at radius 3 is 2.76 bits per heavy atom. The van der Waals surface area contributed by atoms with E-state index in [1.165, 1.54) is 16.4 Å². The zero-order valence-corrected chi connectivity index (χ0v) is 12.9. The Morgan fingerprint density at radius 1 is 1.33 bits per heavy atom. The van der Waals surface area contributed by atoms with Crippen LogP contribution in [0.4, 0.5) is 0 Å². The third-order valence-electron chi connectivity index (χ3n) is 4.58. The molecule has 7 heteroatoms. The van der Waals surface area contributed by atoms with Crippen LogP contribution in [0.25, 0.3) is 0 Å². The molecule has 1 saturated heterocycles. The predicted octanol–water partition coefficient (Wildman–Crippen LogP) is 1.57. The lowest BCUT2D eigenvalue weighted by Crippen LogP contribution is -2.33. The number of fused-ring (bicyclic) bond motifs is 1. The lowest BCUT2D eigenvalue weighted by molar-refractivity contribution is 0.427. The van der Waals surface area contributed by atoms with E-state index in [-0.39, 0.29) is 27.4 Å². The molecule has 21 heavy (non-hydrogen) atoms. The van der Waals surface area contributed by atoms with E-state index in [4.69, 9.17) is 17.3 Å². The molecule has 112 valence electrons. The van der Waals surface area contributed by atoms with Crippen molar-refractivity contribution < 1.29 is 8.42 Å². The summed E-state index contributed by atoms with van der Waals surface area (Å²) >= 11 is 5.94. The van der Waals surface area contributed by atoms with Gasteiger partial charge < -0.3 is 5.73 Å². The molecule has 0 bridgehead atoms. The fourth-order valence-electron chi connectivity index (χ4n) is 3.43. The van der Waals surface area contributed by atoms with Gasteiger partial charge in [0.15, 0.2) is 0 Å². The summed E-state index contributed by atoms with van der Waals surface area (Å²) in [6.45, 7) is 0.920. The minimum absolute atomic E-state index is 0.00829. The molecule has 1 aliphatic heterocycles. The predicted molar refractivity (Wildman–Crippen MR) is 79.1 cm³/mol. The molecule has 1 heterocycles. The van der Waals surface area contributed by atoms with Crippen LogP contribution >= 0.6 is 11.6 Å². The van der Waals surface area contributed by atoms with E-state index >= 15 is 0 Å². The van der Waals surface area contributed by atoms with Crippen molar-refractivity contribution in [2.45, 2.75) is 23.8 Å². The number of sulfonamides is 1. The first-order chi connectivity index (χ1) is 9.95. The Hall–Kier alpha value is -1.13. The summed E-state index contributed by atoms with van der Waals surface area (Å²) in [4.78, 5) is -0.00829. The fraction of sp³-hybridized carbons (Fsp3) is 0.500. The van der Waals surface area contributed by atoms with Crippen molar-refractivity contribution in [2.75, 3.05) is 13.1 Å². The van der Waals surface area contributed by atoms with Crippen molar-refractivity contribution in [2.24, 2.45) is 17.6 Å². The largest absolute Gasteiger partial charge is 0.327 e. The van der Waals surface area contributed by atoms with Crippen LogP contribution in [0.5, 0.6) is 0 Å². The first-order valence-electron chi connectivity index (χ1n) is 6.89. The highest BCUT2D eigenvalue weighted by molar-refractivity contribution is 7.89. The van der Waals surface area contributed by atoms with Crippen molar-refractivity contribution in [3.8, 4) is 6.07 Å². The van der Waals surface area contributed by atoms with Crippen LogP contribution in [0.15, 0.2) is 23.1 Å². The summed E-state index contributed by atoms with van der Waals surface area (Å²) in [5, 5.41) is 9.33. The summed E-state index contributed by atoms with van der Waals surface area (Å²) in [6.07, 6.45) is 1.93. The number of benzene rings is 1. The number of nitriles is 1. The van der Waals surface area contributed by atoms with Gasteiger partial charge in [0.2, 0.25) is 10.0 Å². The van der Waals surface area contributed by atoms with Crippen LogP contribution in [0, 0.1) is 23.2 Å². The molecule has 0 spiro atoms. The summed E-state index contributed by atoms with van der Waals surface area (Å²) in [6, 6.07) is 6.48. The van der Waals surface area contributed by atoms with Crippen molar-refractivity contribution >= 4 is 21.6 Å². The maximum Gasteiger partial charge on any atom is 0.244 e. The van der Waals surface area contributed by atoms with Gasteiger partial charge in [-0.25, -0.2) is 8.42 Å². The standard InChI is InChI=1S/C14H16ClN3O2S/c15-12-2-1-3-14(10(12)6-16)21(19,20)18-7-9-4-5-13(17)11(9)8-18/h1-3,9,11,13H,4-5,7-8,17H2. The van der Waals surface area contributed by atoms with Gasteiger partial charge in [0.1, 0.15) is 11.0 Å². The Kier molecular flexibility index (Phi) is 3.70. The molecule has 1 aromatic rings. The summed E-state index contributed by atoms with van der Waals surface area (Å²) in [5.74, 6) is 0.559. The Balaban J connectivity index is 1.96. The maximum atomic E-state index is 12.8. The van der Waals surface area contributed by atoms with E-state index in [1.807, 2.05) is 6.07 Å². The van der Waals surface area contributed by atoms with Gasteiger partial charge in [-0.1, -0.05) is 17.7 Å². The number of nitrogens with zero attached hydrogens (tertiary/aromatic N) is 2. The highest BCUT2D eigenvalue weighted by Crippen LogP contribution is 2.39. The van der Waals surface area contributed by atoms with Crippen molar-refractivity contribution in [1.82, 2.24) is 4.31 Å². The number of hydrogen-bond acceptors (Lipinski definition) is 4. The SMILES string of the molecule is N#Cc1c(Cl)cccc1S(=O)(=O)N1CC2CCC(N)C2C1. The quantitative estimate of drug-likeness (QED) is 0.894. The van der Waals surface area contributed by atoms with Crippen molar-refractivity contribution in [3.63, 3.8) is 0 Å². The average molecular weight is 326 g/mol. The summed E-state index contributed by atoms with van der Waals surface area (Å²) in [5.41, 5.74) is 6.06. The van der Waals surface area contributed by atoms with E-state index in [9.17, 15) is 13.7 Å². The van der Waals surface area contributed by atoms with Crippen LogP contribution in [0.3, 0.4) is 0 Å². The molecule has 1 aromatic carbocycles. The number of halogens is 1.